The maximum Gasteiger partial charge on any atom is 0.222 e. The lowest BCUT2D eigenvalue weighted by Gasteiger charge is -2.24. The molecule has 0 spiro atoms. The first-order valence-electron chi connectivity index (χ1n) is 7.12. The number of hydrogen-bond acceptors (Lipinski definition) is 2. The van der Waals surface area contributed by atoms with Crippen molar-refractivity contribution >= 4 is 5.91 Å². The highest BCUT2D eigenvalue weighted by atomic mass is 19.1. The first-order valence-corrected chi connectivity index (χ1v) is 7.12. The van der Waals surface area contributed by atoms with Gasteiger partial charge in [0.1, 0.15) is 5.82 Å². The number of rotatable bonds is 7. The molecule has 0 aliphatic heterocycles. The van der Waals surface area contributed by atoms with E-state index in [-0.39, 0.29) is 17.6 Å². The van der Waals surface area contributed by atoms with E-state index in [2.05, 4.69) is 0 Å². The molecule has 1 aromatic rings. The molecule has 1 amide bonds. The van der Waals surface area contributed by atoms with Gasteiger partial charge in [0.25, 0.3) is 0 Å². The highest BCUT2D eigenvalue weighted by Gasteiger charge is 2.17. The molecule has 0 fully saturated rings. The van der Waals surface area contributed by atoms with Gasteiger partial charge in [0, 0.05) is 19.5 Å². The van der Waals surface area contributed by atoms with E-state index in [1.54, 1.807) is 17.9 Å². The fourth-order valence-corrected chi connectivity index (χ4v) is 2.29. The second-order valence-electron chi connectivity index (χ2n) is 5.42. The van der Waals surface area contributed by atoms with Gasteiger partial charge in [-0.05, 0) is 43.9 Å². The van der Waals surface area contributed by atoms with E-state index in [4.69, 9.17) is 0 Å². The number of nitrogens with zero attached hydrogens (tertiary/aromatic N) is 1. The minimum absolute atomic E-state index is 0.0392. The van der Waals surface area contributed by atoms with Crippen LogP contribution in [0.1, 0.15) is 32.8 Å². The van der Waals surface area contributed by atoms with Crippen LogP contribution in [0, 0.1) is 11.7 Å². The Kier molecular flexibility index (Phi) is 6.65. The highest BCUT2D eigenvalue weighted by molar-refractivity contribution is 5.76. The summed E-state index contributed by atoms with van der Waals surface area (Å²) in [5.41, 5.74) is 0.906. The fourth-order valence-electron chi connectivity index (χ4n) is 2.29. The van der Waals surface area contributed by atoms with Crippen LogP contribution in [0.15, 0.2) is 24.3 Å². The van der Waals surface area contributed by atoms with Gasteiger partial charge in [-0.1, -0.05) is 19.1 Å². The number of carbonyl (C=O) groups is 1. The number of hydrogen-bond donors (Lipinski definition) is 1. The quantitative estimate of drug-likeness (QED) is 0.834. The molecule has 0 unspecified atom stereocenters. The normalized spacial score (nSPS) is 13.8. The Morgan fingerprint density at radius 3 is 2.65 bits per heavy atom. The van der Waals surface area contributed by atoms with Crippen molar-refractivity contribution in [3.63, 3.8) is 0 Å². The molecule has 0 bridgehead atoms. The number of likely N-dealkylation sites (N-methyl/N-ethyl adjacent to an activating group) is 1. The van der Waals surface area contributed by atoms with Gasteiger partial charge in [-0.15, -0.1) is 0 Å². The van der Waals surface area contributed by atoms with Crippen molar-refractivity contribution in [1.82, 2.24) is 4.90 Å². The monoisotopic (exact) mass is 281 g/mol. The number of amides is 1. The minimum atomic E-state index is -0.516. The summed E-state index contributed by atoms with van der Waals surface area (Å²) in [6.07, 6.45) is 0.574. The summed E-state index contributed by atoms with van der Waals surface area (Å²) in [6, 6.07) is 6.48. The molecule has 0 saturated heterocycles. The molecule has 1 aromatic carbocycles. The van der Waals surface area contributed by atoms with Crippen molar-refractivity contribution in [3.8, 4) is 0 Å². The third-order valence-electron chi connectivity index (χ3n) is 3.22. The summed E-state index contributed by atoms with van der Waals surface area (Å²) in [5, 5.41) is 9.37. The molecule has 0 radical (unpaired) electrons. The maximum absolute atomic E-state index is 13.1. The maximum atomic E-state index is 13.1. The van der Waals surface area contributed by atoms with E-state index in [1.807, 2.05) is 19.9 Å². The number of aliphatic hydroxyl groups is 1. The van der Waals surface area contributed by atoms with Crippen LogP contribution >= 0.6 is 0 Å². The van der Waals surface area contributed by atoms with Gasteiger partial charge in [0.2, 0.25) is 5.91 Å². The summed E-state index contributed by atoms with van der Waals surface area (Å²) >= 11 is 0. The van der Waals surface area contributed by atoms with Crippen LogP contribution in [0.4, 0.5) is 4.39 Å². The second kappa shape index (κ2) is 8.00. The summed E-state index contributed by atoms with van der Waals surface area (Å²) in [7, 11) is 0. The summed E-state index contributed by atoms with van der Waals surface area (Å²) in [4.78, 5) is 13.8. The predicted molar refractivity (Wildman–Crippen MR) is 77.8 cm³/mol. The Labute approximate surface area is 120 Å². The predicted octanol–water partition coefficient (Wildman–Crippen LogP) is 2.62. The van der Waals surface area contributed by atoms with Crippen molar-refractivity contribution in [2.45, 2.75) is 39.7 Å². The topological polar surface area (TPSA) is 40.5 Å². The Balaban J connectivity index is 2.52. The number of benzene rings is 1. The SMILES string of the molecule is CCN(C[C@H](C)O)C(=O)C[C@H](C)Cc1cccc(F)c1. The lowest BCUT2D eigenvalue weighted by molar-refractivity contribution is -0.133. The average molecular weight is 281 g/mol. The van der Waals surface area contributed by atoms with Crippen LogP contribution in [0.25, 0.3) is 0 Å². The molecule has 112 valence electrons. The van der Waals surface area contributed by atoms with Gasteiger partial charge >= 0.3 is 0 Å². The Hall–Kier alpha value is -1.42. The molecule has 0 heterocycles. The average Bonchev–Trinajstić information content (AvgIpc) is 2.35. The largest absolute Gasteiger partial charge is 0.392 e. The molecule has 20 heavy (non-hydrogen) atoms. The molecule has 1 N–H and O–H groups in total. The molecule has 3 nitrogen and oxygen atoms in total. The highest BCUT2D eigenvalue weighted by Crippen LogP contribution is 2.14. The zero-order valence-electron chi connectivity index (χ0n) is 12.5. The summed E-state index contributed by atoms with van der Waals surface area (Å²) in [6.45, 7) is 6.51. The van der Waals surface area contributed by atoms with Crippen molar-refractivity contribution in [2.75, 3.05) is 13.1 Å². The molecule has 0 aromatic heterocycles. The first kappa shape index (κ1) is 16.6. The summed E-state index contributed by atoms with van der Waals surface area (Å²) in [5.74, 6) is -0.0602. The van der Waals surface area contributed by atoms with E-state index < -0.39 is 6.10 Å². The standard InChI is InChI=1S/C16H24FNO2/c1-4-18(11-13(3)19)16(20)9-12(2)8-14-6-5-7-15(17)10-14/h5-7,10,12-13,19H,4,8-9,11H2,1-3H3/t12-,13+/m1/s1. The third-order valence-corrected chi connectivity index (χ3v) is 3.22. The minimum Gasteiger partial charge on any atom is -0.392 e. The van der Waals surface area contributed by atoms with Gasteiger partial charge in [-0.3, -0.25) is 4.79 Å². The Bertz CT molecular complexity index is 434. The zero-order chi connectivity index (χ0) is 15.1. The zero-order valence-corrected chi connectivity index (χ0v) is 12.5. The van der Waals surface area contributed by atoms with Crippen LogP contribution in [-0.2, 0) is 11.2 Å². The smallest absolute Gasteiger partial charge is 0.222 e. The van der Waals surface area contributed by atoms with Crippen LogP contribution in [0.5, 0.6) is 0 Å². The number of carbonyl (C=O) groups excluding carboxylic acids is 1. The van der Waals surface area contributed by atoms with E-state index in [0.717, 1.165) is 5.56 Å². The van der Waals surface area contributed by atoms with Crippen LogP contribution in [0.2, 0.25) is 0 Å². The van der Waals surface area contributed by atoms with Crippen molar-refractivity contribution in [1.29, 1.82) is 0 Å². The van der Waals surface area contributed by atoms with Gasteiger partial charge in [0.05, 0.1) is 6.10 Å². The number of aliphatic hydroxyl groups excluding tert-OH is 1. The fraction of sp³-hybridized carbons (Fsp3) is 0.562. The van der Waals surface area contributed by atoms with E-state index in [9.17, 15) is 14.3 Å². The van der Waals surface area contributed by atoms with Gasteiger partial charge < -0.3 is 10.0 Å². The van der Waals surface area contributed by atoms with Crippen molar-refractivity contribution < 1.29 is 14.3 Å². The van der Waals surface area contributed by atoms with E-state index in [1.165, 1.54) is 12.1 Å². The lowest BCUT2D eigenvalue weighted by Crippen LogP contribution is -2.37. The molecule has 0 aliphatic carbocycles. The third kappa shape index (κ3) is 5.70. The van der Waals surface area contributed by atoms with Gasteiger partial charge in [-0.25, -0.2) is 4.39 Å². The van der Waals surface area contributed by atoms with E-state index in [0.29, 0.717) is 25.9 Å². The molecule has 2 atom stereocenters. The van der Waals surface area contributed by atoms with Crippen molar-refractivity contribution in [3.05, 3.63) is 35.6 Å². The first-order chi connectivity index (χ1) is 9.42. The van der Waals surface area contributed by atoms with Gasteiger partial charge in [-0.2, -0.15) is 0 Å². The lowest BCUT2D eigenvalue weighted by atomic mass is 9.97. The Morgan fingerprint density at radius 1 is 1.40 bits per heavy atom. The van der Waals surface area contributed by atoms with Crippen molar-refractivity contribution in [2.24, 2.45) is 5.92 Å². The number of halogens is 1. The molecule has 4 heteroatoms. The van der Waals surface area contributed by atoms with Crippen LogP contribution in [-0.4, -0.2) is 35.1 Å². The molecular formula is C16H24FNO2. The molecule has 0 saturated carbocycles. The van der Waals surface area contributed by atoms with Gasteiger partial charge in [0.15, 0.2) is 0 Å². The van der Waals surface area contributed by atoms with Crippen LogP contribution < -0.4 is 0 Å². The molecule has 0 aliphatic rings. The molecular weight excluding hydrogens is 257 g/mol. The van der Waals surface area contributed by atoms with E-state index >= 15 is 0 Å². The Morgan fingerprint density at radius 2 is 2.10 bits per heavy atom. The van der Waals surface area contributed by atoms with Crippen LogP contribution in [0.3, 0.4) is 0 Å². The molecule has 1 rings (SSSR count). The summed E-state index contributed by atoms with van der Waals surface area (Å²) < 4.78 is 13.1. The second-order valence-corrected chi connectivity index (χ2v) is 5.42.